The number of hydrogen-bond acceptors (Lipinski definition) is 5. The fourth-order valence-corrected chi connectivity index (χ4v) is 6.21. The number of fused-ring (bicyclic) bond motifs is 4. The fraction of sp³-hybridized carbons (Fsp3) is 0.550. The van der Waals surface area contributed by atoms with Gasteiger partial charge in [-0.1, -0.05) is 30.3 Å². The highest BCUT2D eigenvalue weighted by Gasteiger charge is 3.03. The van der Waals surface area contributed by atoms with Crippen LogP contribution in [0.2, 0.25) is 0 Å². The number of benzene rings is 1. The van der Waals surface area contributed by atoms with Gasteiger partial charge in [-0.25, -0.2) is 4.99 Å². The van der Waals surface area contributed by atoms with Crippen molar-refractivity contribution in [3.05, 3.63) is 35.9 Å². The van der Waals surface area contributed by atoms with Crippen molar-refractivity contribution in [2.45, 2.75) is 37.5 Å². The van der Waals surface area contributed by atoms with Crippen molar-refractivity contribution >= 4 is 5.84 Å². The Kier molecular flexibility index (Phi) is 2.95. The molecule has 2 saturated carbocycles. The maximum atomic E-state index is 10.2. The number of nitrogens with one attached hydrogen (secondary N) is 1. The number of nitriles is 2. The first kappa shape index (κ1) is 15.8. The normalized spacial score (nSPS) is 42.1. The molecule has 0 radical (unpaired) electrons. The summed E-state index contributed by atoms with van der Waals surface area (Å²) in [7, 11) is 0. The van der Waals surface area contributed by atoms with Gasteiger partial charge in [0.1, 0.15) is 0 Å². The molecule has 1 saturated heterocycles. The fourth-order valence-electron chi connectivity index (χ4n) is 6.21. The van der Waals surface area contributed by atoms with E-state index in [1.807, 2.05) is 6.07 Å². The molecule has 2 atom stereocenters. The zero-order valence-corrected chi connectivity index (χ0v) is 14.5. The van der Waals surface area contributed by atoms with Gasteiger partial charge in [0.05, 0.1) is 25.4 Å². The number of nitrogens with zero attached hydrogens (tertiary/aromatic N) is 2. The van der Waals surface area contributed by atoms with E-state index in [0.29, 0.717) is 25.0 Å². The van der Waals surface area contributed by atoms with Crippen molar-refractivity contribution < 1.29 is 14.5 Å². The highest BCUT2D eigenvalue weighted by Crippen LogP contribution is 2.86. The van der Waals surface area contributed by atoms with Gasteiger partial charge in [-0.2, -0.15) is 10.5 Å². The Labute approximate surface area is 152 Å². The predicted octanol–water partition coefficient (Wildman–Crippen LogP) is 0.516. The Balaban J connectivity index is 1.54. The summed E-state index contributed by atoms with van der Waals surface area (Å²) in [4.78, 5) is 3.03. The molecule has 3 N–H and O–H groups in total. The van der Waals surface area contributed by atoms with Crippen molar-refractivity contribution in [2.75, 3.05) is 13.2 Å². The van der Waals surface area contributed by atoms with Crippen LogP contribution in [0.25, 0.3) is 0 Å². The van der Waals surface area contributed by atoms with Gasteiger partial charge in [0.25, 0.3) is 5.84 Å². The minimum absolute atomic E-state index is 0.335. The standard InChI is InChI=1S/C20H20N4O2/c21-12-18-16(23)24-20(25-10-11-26-20)19(18,13-22)17(18)8-6-15(7-9-17)14-4-2-1-3-5-14/h1-5,15H,6-11H2,(H2,23,24)/p+1/t15?,17?,18-,19+/m0/s1. The number of amidine groups is 1. The lowest BCUT2D eigenvalue weighted by Gasteiger charge is -2.35. The van der Waals surface area contributed by atoms with Crippen LogP contribution >= 0.6 is 0 Å². The highest BCUT2D eigenvalue weighted by atomic mass is 16.8. The second-order valence-corrected chi connectivity index (χ2v) is 7.84. The van der Waals surface area contributed by atoms with Crippen LogP contribution in [0.15, 0.2) is 30.3 Å². The average molecular weight is 349 g/mol. The molecular formula is C20H21N4O2+. The summed E-state index contributed by atoms with van der Waals surface area (Å²) in [5, 5.41) is 20.4. The minimum Gasteiger partial charge on any atom is -0.311 e. The lowest BCUT2D eigenvalue weighted by Crippen LogP contribution is -2.90. The van der Waals surface area contributed by atoms with Gasteiger partial charge in [0.2, 0.25) is 0 Å². The van der Waals surface area contributed by atoms with Crippen molar-refractivity contribution in [2.24, 2.45) is 22.0 Å². The molecule has 6 nitrogen and oxygen atoms in total. The first-order valence-corrected chi connectivity index (χ1v) is 9.19. The van der Waals surface area contributed by atoms with Gasteiger partial charge >= 0.3 is 5.91 Å². The molecule has 2 spiro atoms. The molecule has 0 amide bonds. The third kappa shape index (κ3) is 1.37. The van der Waals surface area contributed by atoms with Crippen LogP contribution in [0.4, 0.5) is 0 Å². The molecule has 1 aromatic rings. The van der Waals surface area contributed by atoms with E-state index in [4.69, 9.17) is 15.2 Å². The van der Waals surface area contributed by atoms with Gasteiger partial charge in [-0.05, 0) is 37.2 Å². The zero-order valence-electron chi connectivity index (χ0n) is 14.5. The summed E-state index contributed by atoms with van der Waals surface area (Å²) in [5.41, 5.74) is 5.00. The molecule has 132 valence electrons. The largest absolute Gasteiger partial charge is 0.343 e. The van der Waals surface area contributed by atoms with E-state index in [1.54, 1.807) is 0 Å². The smallest absolute Gasteiger partial charge is 0.311 e. The van der Waals surface area contributed by atoms with Crippen molar-refractivity contribution in [1.82, 2.24) is 0 Å². The van der Waals surface area contributed by atoms with Gasteiger partial charge in [0.15, 0.2) is 10.8 Å². The Bertz CT molecular complexity index is 869. The molecule has 3 fully saturated rings. The number of rotatable bonds is 1. The molecule has 0 unspecified atom stereocenters. The van der Waals surface area contributed by atoms with Crippen LogP contribution in [-0.2, 0) is 9.47 Å². The van der Waals surface area contributed by atoms with Crippen molar-refractivity contribution in [3.8, 4) is 12.1 Å². The van der Waals surface area contributed by atoms with Crippen molar-refractivity contribution in [3.63, 3.8) is 0 Å². The summed E-state index contributed by atoms with van der Waals surface area (Å²) < 4.78 is 11.8. The summed E-state index contributed by atoms with van der Waals surface area (Å²) in [6.45, 7) is 0.794. The lowest BCUT2D eigenvalue weighted by atomic mass is 9.71. The van der Waals surface area contributed by atoms with Crippen molar-refractivity contribution in [1.29, 1.82) is 10.5 Å². The monoisotopic (exact) mass is 349 g/mol. The van der Waals surface area contributed by atoms with Crippen LogP contribution < -0.4 is 10.7 Å². The summed E-state index contributed by atoms with van der Waals surface area (Å²) in [5.74, 6) is -0.493. The van der Waals surface area contributed by atoms with Crippen LogP contribution in [0.5, 0.6) is 0 Å². The molecule has 6 heteroatoms. The van der Waals surface area contributed by atoms with Crippen LogP contribution in [-0.4, -0.2) is 25.0 Å². The van der Waals surface area contributed by atoms with Crippen LogP contribution in [0.1, 0.15) is 37.2 Å². The Morgan fingerprint density at radius 1 is 1.04 bits per heavy atom. The Morgan fingerprint density at radius 3 is 2.27 bits per heavy atom. The van der Waals surface area contributed by atoms with E-state index >= 15 is 0 Å². The zero-order chi connectivity index (χ0) is 18.0. The molecule has 0 bridgehead atoms. The number of hydrogen-bond donors (Lipinski definition) is 2. The van der Waals surface area contributed by atoms with Crippen LogP contribution in [0.3, 0.4) is 0 Å². The molecule has 1 aromatic carbocycles. The maximum absolute atomic E-state index is 10.2. The molecule has 0 aromatic heterocycles. The van der Waals surface area contributed by atoms with E-state index in [9.17, 15) is 10.5 Å². The van der Waals surface area contributed by atoms with E-state index in [0.717, 1.165) is 25.7 Å². The van der Waals surface area contributed by atoms with E-state index in [2.05, 4.69) is 41.4 Å². The molecule has 2 aliphatic carbocycles. The molecular weight excluding hydrogens is 328 g/mol. The highest BCUT2D eigenvalue weighted by molar-refractivity contribution is 5.95. The number of nitrogens with two attached hydrogens (primary N) is 1. The second kappa shape index (κ2) is 4.85. The SMILES string of the molecule is N#C[C@]12C3([NH+]=C(N)[C@@]1(C#N)C21CCC(c2ccccc2)CC1)OCCO3. The predicted molar refractivity (Wildman–Crippen MR) is 91.0 cm³/mol. The molecule has 2 aliphatic heterocycles. The van der Waals surface area contributed by atoms with E-state index in [1.165, 1.54) is 5.56 Å². The molecule has 4 aliphatic rings. The van der Waals surface area contributed by atoms with Gasteiger partial charge < -0.3 is 9.47 Å². The summed E-state index contributed by atoms with van der Waals surface area (Å²) in [6, 6.07) is 15.3. The first-order chi connectivity index (χ1) is 12.6. The Morgan fingerprint density at radius 2 is 1.69 bits per heavy atom. The molecule has 5 rings (SSSR count). The van der Waals surface area contributed by atoms with Crippen LogP contribution in [0, 0.1) is 38.9 Å². The molecule has 2 heterocycles. The topological polar surface area (TPSA) is 106 Å². The third-order valence-electron chi connectivity index (χ3n) is 7.27. The minimum atomic E-state index is -1.28. The Hall–Kier alpha value is -2.41. The van der Waals surface area contributed by atoms with E-state index in [-0.39, 0.29) is 0 Å². The molecule has 26 heavy (non-hydrogen) atoms. The van der Waals surface area contributed by atoms with Gasteiger partial charge in [-0.15, -0.1) is 0 Å². The average Bonchev–Trinajstić information content (AvgIpc) is 2.95. The maximum Gasteiger partial charge on any atom is 0.343 e. The number of ether oxygens (including phenoxy) is 2. The third-order valence-corrected chi connectivity index (χ3v) is 7.27. The quantitative estimate of drug-likeness (QED) is 0.769. The summed E-state index contributed by atoms with van der Waals surface area (Å²) in [6.07, 6.45) is 3.40. The lowest BCUT2D eigenvalue weighted by molar-refractivity contribution is -0.678. The van der Waals surface area contributed by atoms with Gasteiger partial charge in [0, 0.05) is 5.41 Å². The van der Waals surface area contributed by atoms with E-state index < -0.39 is 22.2 Å². The first-order valence-electron chi connectivity index (χ1n) is 9.19. The summed E-state index contributed by atoms with van der Waals surface area (Å²) >= 11 is 0. The second-order valence-electron chi connectivity index (χ2n) is 7.84. The van der Waals surface area contributed by atoms with Gasteiger partial charge in [-0.3, -0.25) is 5.73 Å².